The average Bonchev–Trinajstić information content (AvgIpc) is 2.13. The number of ether oxygens (including phenoxy) is 1. The summed E-state index contributed by atoms with van der Waals surface area (Å²) in [4.78, 5) is 0. The van der Waals surface area contributed by atoms with Gasteiger partial charge < -0.3 is 10.1 Å². The van der Waals surface area contributed by atoms with Crippen LogP contribution in [0.1, 0.15) is 33.6 Å². The maximum Gasteiger partial charge on any atom is 0.0559 e. The van der Waals surface area contributed by atoms with Crippen LogP contribution in [0, 0.1) is 5.92 Å². The molecule has 0 aromatic heterocycles. The van der Waals surface area contributed by atoms with E-state index in [0.717, 1.165) is 38.5 Å². The third kappa shape index (κ3) is 9.75. The molecular weight excluding hydrogens is 174 g/mol. The van der Waals surface area contributed by atoms with Gasteiger partial charge in [0.2, 0.25) is 0 Å². The molecule has 14 heavy (non-hydrogen) atoms. The highest BCUT2D eigenvalue weighted by Gasteiger charge is 2.00. The second kappa shape index (κ2) is 9.22. The van der Waals surface area contributed by atoms with Crippen LogP contribution in [-0.4, -0.2) is 25.8 Å². The van der Waals surface area contributed by atoms with Crippen molar-refractivity contribution >= 4 is 0 Å². The van der Waals surface area contributed by atoms with Gasteiger partial charge in [0.1, 0.15) is 0 Å². The van der Waals surface area contributed by atoms with Crippen molar-refractivity contribution in [3.63, 3.8) is 0 Å². The lowest BCUT2D eigenvalue weighted by Crippen LogP contribution is -2.24. The van der Waals surface area contributed by atoms with Crippen molar-refractivity contribution in [2.75, 3.05) is 19.7 Å². The van der Waals surface area contributed by atoms with Crippen LogP contribution in [0.3, 0.4) is 0 Å². The van der Waals surface area contributed by atoms with Crippen molar-refractivity contribution < 1.29 is 4.74 Å². The molecular formula is C12H25NO. The van der Waals surface area contributed by atoms with E-state index in [-0.39, 0.29) is 0 Å². The molecule has 1 N–H and O–H groups in total. The van der Waals surface area contributed by atoms with Crippen LogP contribution in [0.15, 0.2) is 12.7 Å². The molecule has 84 valence electrons. The van der Waals surface area contributed by atoms with Gasteiger partial charge in [-0.3, -0.25) is 0 Å². The summed E-state index contributed by atoms with van der Waals surface area (Å²) >= 11 is 0. The van der Waals surface area contributed by atoms with E-state index in [2.05, 4.69) is 32.7 Å². The Labute approximate surface area is 88.7 Å². The van der Waals surface area contributed by atoms with Gasteiger partial charge in [0.05, 0.1) is 12.7 Å². The quantitative estimate of drug-likeness (QED) is 0.455. The Bertz CT molecular complexity index is 134. The molecule has 0 rings (SSSR count). The Morgan fingerprint density at radius 1 is 1.36 bits per heavy atom. The van der Waals surface area contributed by atoms with Crippen LogP contribution in [0.5, 0.6) is 0 Å². The summed E-state index contributed by atoms with van der Waals surface area (Å²) in [6.45, 7) is 13.2. The maximum absolute atomic E-state index is 5.58. The Kier molecular flexibility index (Phi) is 9.00. The topological polar surface area (TPSA) is 21.3 Å². The van der Waals surface area contributed by atoms with E-state index in [4.69, 9.17) is 4.74 Å². The van der Waals surface area contributed by atoms with Gasteiger partial charge in [-0.1, -0.05) is 19.9 Å². The summed E-state index contributed by atoms with van der Waals surface area (Å²) in [5.41, 5.74) is 0. The van der Waals surface area contributed by atoms with Crippen molar-refractivity contribution in [2.45, 2.75) is 39.7 Å². The molecule has 0 bridgehead atoms. The molecule has 0 aromatic rings. The Hall–Kier alpha value is -0.340. The predicted molar refractivity (Wildman–Crippen MR) is 62.6 cm³/mol. The minimum Gasteiger partial charge on any atom is -0.378 e. The Morgan fingerprint density at radius 3 is 2.64 bits per heavy atom. The number of hydrogen-bond acceptors (Lipinski definition) is 2. The zero-order valence-corrected chi connectivity index (χ0v) is 9.88. The van der Waals surface area contributed by atoms with Gasteiger partial charge in [-0.25, -0.2) is 0 Å². The first kappa shape index (κ1) is 13.7. The predicted octanol–water partition coefficient (Wildman–Crippen LogP) is 2.60. The molecule has 2 heteroatoms. The molecule has 0 amide bonds. The Balaban J connectivity index is 3.17. The van der Waals surface area contributed by atoms with Gasteiger partial charge in [-0.05, 0) is 38.8 Å². The van der Waals surface area contributed by atoms with E-state index >= 15 is 0 Å². The molecule has 0 aliphatic carbocycles. The molecule has 0 aliphatic rings. The van der Waals surface area contributed by atoms with Gasteiger partial charge in [0.25, 0.3) is 0 Å². The van der Waals surface area contributed by atoms with E-state index < -0.39 is 0 Å². The van der Waals surface area contributed by atoms with Gasteiger partial charge in [-0.15, -0.1) is 6.58 Å². The summed E-state index contributed by atoms with van der Waals surface area (Å²) in [5.74, 6) is 0.729. The highest BCUT2D eigenvalue weighted by atomic mass is 16.5. The maximum atomic E-state index is 5.58. The van der Waals surface area contributed by atoms with E-state index in [9.17, 15) is 0 Å². The molecule has 1 atom stereocenters. The minimum absolute atomic E-state index is 0.356. The van der Waals surface area contributed by atoms with Crippen molar-refractivity contribution in [1.29, 1.82) is 0 Å². The molecule has 2 nitrogen and oxygen atoms in total. The number of rotatable bonds is 9. The largest absolute Gasteiger partial charge is 0.378 e. The number of hydrogen-bond donors (Lipinski definition) is 1. The fourth-order valence-corrected chi connectivity index (χ4v) is 1.13. The lowest BCUT2D eigenvalue weighted by Gasteiger charge is -2.13. The summed E-state index contributed by atoms with van der Waals surface area (Å²) < 4.78 is 5.58. The molecule has 0 radical (unpaired) electrons. The van der Waals surface area contributed by atoms with Gasteiger partial charge >= 0.3 is 0 Å². The lowest BCUT2D eigenvalue weighted by atomic mass is 10.2. The highest BCUT2D eigenvalue weighted by Crippen LogP contribution is 1.97. The fraction of sp³-hybridized carbons (Fsp3) is 0.833. The number of nitrogens with one attached hydrogen (secondary N) is 1. The average molecular weight is 199 g/mol. The molecule has 0 fully saturated rings. The van der Waals surface area contributed by atoms with Crippen molar-refractivity contribution in [3.8, 4) is 0 Å². The third-order valence-corrected chi connectivity index (χ3v) is 2.00. The molecule has 0 heterocycles. The van der Waals surface area contributed by atoms with Crippen LogP contribution in [0.4, 0.5) is 0 Å². The van der Waals surface area contributed by atoms with E-state index in [0.29, 0.717) is 6.10 Å². The third-order valence-electron chi connectivity index (χ3n) is 2.00. The SMILES string of the molecule is C=CCCOC(C)CCNCC(C)C. The second-order valence-electron chi connectivity index (χ2n) is 4.15. The van der Waals surface area contributed by atoms with Crippen LogP contribution in [0.2, 0.25) is 0 Å². The van der Waals surface area contributed by atoms with Crippen LogP contribution >= 0.6 is 0 Å². The first-order valence-corrected chi connectivity index (χ1v) is 5.60. The zero-order valence-electron chi connectivity index (χ0n) is 9.88. The van der Waals surface area contributed by atoms with Crippen molar-refractivity contribution in [3.05, 3.63) is 12.7 Å². The van der Waals surface area contributed by atoms with E-state index in [1.54, 1.807) is 0 Å². The molecule has 0 aromatic carbocycles. The van der Waals surface area contributed by atoms with E-state index in [1.807, 2.05) is 6.08 Å². The molecule has 1 unspecified atom stereocenters. The first-order valence-electron chi connectivity index (χ1n) is 5.60. The molecule has 0 spiro atoms. The lowest BCUT2D eigenvalue weighted by molar-refractivity contribution is 0.0637. The fourth-order valence-electron chi connectivity index (χ4n) is 1.13. The van der Waals surface area contributed by atoms with Crippen LogP contribution < -0.4 is 5.32 Å². The van der Waals surface area contributed by atoms with Gasteiger partial charge in [-0.2, -0.15) is 0 Å². The zero-order chi connectivity index (χ0) is 10.8. The summed E-state index contributed by atoms with van der Waals surface area (Å²) in [5, 5.41) is 3.41. The summed E-state index contributed by atoms with van der Waals surface area (Å²) in [7, 11) is 0. The molecule has 0 saturated heterocycles. The Morgan fingerprint density at radius 2 is 2.07 bits per heavy atom. The molecule has 0 saturated carbocycles. The van der Waals surface area contributed by atoms with Crippen LogP contribution in [0.25, 0.3) is 0 Å². The minimum atomic E-state index is 0.356. The monoisotopic (exact) mass is 199 g/mol. The first-order chi connectivity index (χ1) is 6.66. The van der Waals surface area contributed by atoms with Gasteiger partial charge in [0.15, 0.2) is 0 Å². The normalized spacial score (nSPS) is 13.1. The molecule has 0 aliphatic heterocycles. The van der Waals surface area contributed by atoms with Gasteiger partial charge in [0, 0.05) is 0 Å². The van der Waals surface area contributed by atoms with Crippen LogP contribution in [-0.2, 0) is 4.74 Å². The standard InChI is InChI=1S/C12H25NO/c1-5-6-9-14-12(4)7-8-13-10-11(2)3/h5,11-13H,1,6-10H2,2-4H3. The smallest absolute Gasteiger partial charge is 0.0559 e. The highest BCUT2D eigenvalue weighted by molar-refractivity contribution is 4.65. The summed E-state index contributed by atoms with van der Waals surface area (Å²) in [6.07, 6.45) is 4.28. The summed E-state index contributed by atoms with van der Waals surface area (Å²) in [6, 6.07) is 0. The van der Waals surface area contributed by atoms with E-state index in [1.165, 1.54) is 0 Å². The second-order valence-corrected chi connectivity index (χ2v) is 4.15. The van der Waals surface area contributed by atoms with Crippen molar-refractivity contribution in [1.82, 2.24) is 5.32 Å². The van der Waals surface area contributed by atoms with Crippen molar-refractivity contribution in [2.24, 2.45) is 5.92 Å².